The summed E-state index contributed by atoms with van der Waals surface area (Å²) in [7, 11) is 0. The third-order valence-electron chi connectivity index (χ3n) is 5.28. The first-order valence-electron chi connectivity index (χ1n) is 9.89. The fraction of sp³-hybridized carbons (Fsp3) is 0.810. The van der Waals surface area contributed by atoms with Gasteiger partial charge >= 0.3 is 0 Å². The molecule has 0 unspecified atom stereocenters. The zero-order chi connectivity index (χ0) is 18.7. The molecular weight excluding hydrogens is 316 g/mol. The Morgan fingerprint density at radius 1 is 1.20 bits per heavy atom. The van der Waals surface area contributed by atoms with E-state index in [1.54, 1.807) is 0 Å². The molecule has 4 heteroatoms. The molecule has 0 aliphatic heterocycles. The Balaban J connectivity index is 2.14. The Morgan fingerprint density at radius 2 is 1.84 bits per heavy atom. The number of aliphatic hydroxyl groups is 3. The Hall–Kier alpha value is -0.680. The highest BCUT2D eigenvalue weighted by molar-refractivity contribution is 5.16. The first-order chi connectivity index (χ1) is 11.9. The summed E-state index contributed by atoms with van der Waals surface area (Å²) in [6.45, 7) is 7.59. The van der Waals surface area contributed by atoms with E-state index >= 15 is 0 Å². The molecule has 0 heterocycles. The second-order valence-corrected chi connectivity index (χ2v) is 7.67. The van der Waals surface area contributed by atoms with Crippen LogP contribution in [0.4, 0.5) is 0 Å². The first kappa shape index (κ1) is 22.4. The van der Waals surface area contributed by atoms with Crippen molar-refractivity contribution in [2.75, 3.05) is 13.2 Å². The molecule has 3 atom stereocenters. The van der Waals surface area contributed by atoms with Gasteiger partial charge in [-0.15, -0.1) is 0 Å². The monoisotopic (exact) mass is 354 g/mol. The van der Waals surface area contributed by atoms with Crippen LogP contribution in [0.15, 0.2) is 23.8 Å². The predicted molar refractivity (Wildman–Crippen MR) is 102 cm³/mol. The van der Waals surface area contributed by atoms with Crippen LogP contribution in [-0.2, 0) is 4.74 Å². The van der Waals surface area contributed by atoms with Crippen molar-refractivity contribution in [1.82, 2.24) is 0 Å². The van der Waals surface area contributed by atoms with Gasteiger partial charge in [0.1, 0.15) is 0 Å². The van der Waals surface area contributed by atoms with Crippen molar-refractivity contribution in [3.63, 3.8) is 0 Å². The van der Waals surface area contributed by atoms with Crippen molar-refractivity contribution in [2.24, 2.45) is 5.92 Å². The van der Waals surface area contributed by atoms with Crippen molar-refractivity contribution in [1.29, 1.82) is 0 Å². The summed E-state index contributed by atoms with van der Waals surface area (Å²) in [5, 5.41) is 29.6. The lowest BCUT2D eigenvalue weighted by atomic mass is 9.89. The van der Waals surface area contributed by atoms with Gasteiger partial charge in [0.25, 0.3) is 0 Å². The van der Waals surface area contributed by atoms with Crippen LogP contribution in [0.5, 0.6) is 0 Å². The SMILES string of the molecule is CCC(O)(CC)CCC[C@H](C)COC/C=C/C=C1C[C@@H](O)C[C@H](O)C1. The second kappa shape index (κ2) is 11.8. The number of hydrogen-bond acceptors (Lipinski definition) is 4. The summed E-state index contributed by atoms with van der Waals surface area (Å²) < 4.78 is 5.69. The highest BCUT2D eigenvalue weighted by atomic mass is 16.5. The third kappa shape index (κ3) is 9.55. The molecule has 3 N–H and O–H groups in total. The average molecular weight is 355 g/mol. The molecule has 0 amide bonds. The Bertz CT molecular complexity index is 400. The number of allylic oxidation sites excluding steroid dienone is 2. The standard InChI is InChI=1S/C21H38O4/c1-4-21(24,5-2)11-8-9-17(3)16-25-12-7-6-10-18-13-19(22)15-20(23)14-18/h6-7,10,17,19-20,22-24H,4-5,8-9,11-16H2,1-3H3/b7-6+/t17-,19+,20+/m0/s1. The molecule has 1 fully saturated rings. The second-order valence-electron chi connectivity index (χ2n) is 7.67. The highest BCUT2D eigenvalue weighted by Crippen LogP contribution is 2.24. The van der Waals surface area contributed by atoms with E-state index in [1.165, 1.54) is 0 Å². The van der Waals surface area contributed by atoms with Crippen LogP contribution < -0.4 is 0 Å². The molecule has 0 aromatic heterocycles. The Kier molecular flexibility index (Phi) is 10.6. The van der Waals surface area contributed by atoms with Gasteiger partial charge in [-0.05, 0) is 50.9 Å². The van der Waals surface area contributed by atoms with Gasteiger partial charge in [-0.2, -0.15) is 0 Å². The number of ether oxygens (including phenoxy) is 1. The number of aliphatic hydroxyl groups excluding tert-OH is 2. The lowest BCUT2D eigenvalue weighted by Gasteiger charge is -2.25. The zero-order valence-electron chi connectivity index (χ0n) is 16.3. The van der Waals surface area contributed by atoms with Gasteiger partial charge in [-0.3, -0.25) is 0 Å². The summed E-state index contributed by atoms with van der Waals surface area (Å²) >= 11 is 0. The van der Waals surface area contributed by atoms with Crippen LogP contribution in [0.3, 0.4) is 0 Å². The predicted octanol–water partition coefficient (Wildman–Crippen LogP) is 3.75. The molecule has 0 aromatic rings. The largest absolute Gasteiger partial charge is 0.393 e. The van der Waals surface area contributed by atoms with Gasteiger partial charge in [0.2, 0.25) is 0 Å². The van der Waals surface area contributed by atoms with Gasteiger partial charge in [0, 0.05) is 6.61 Å². The van der Waals surface area contributed by atoms with Crippen LogP contribution in [0.2, 0.25) is 0 Å². The van der Waals surface area contributed by atoms with E-state index in [-0.39, 0.29) is 0 Å². The summed E-state index contributed by atoms with van der Waals surface area (Å²) in [6, 6.07) is 0. The van der Waals surface area contributed by atoms with Crippen LogP contribution in [0, 0.1) is 5.92 Å². The van der Waals surface area contributed by atoms with Gasteiger partial charge in [0.05, 0.1) is 24.4 Å². The lowest BCUT2D eigenvalue weighted by molar-refractivity contribution is 0.0190. The Labute approximate surface area is 153 Å². The van der Waals surface area contributed by atoms with Gasteiger partial charge in [0.15, 0.2) is 0 Å². The topological polar surface area (TPSA) is 69.9 Å². The molecule has 146 valence electrons. The van der Waals surface area contributed by atoms with E-state index in [1.807, 2.05) is 32.1 Å². The van der Waals surface area contributed by atoms with E-state index in [0.29, 0.717) is 31.8 Å². The lowest BCUT2D eigenvalue weighted by Crippen LogP contribution is -2.26. The van der Waals surface area contributed by atoms with Gasteiger partial charge in [-0.1, -0.05) is 51.0 Å². The molecule has 0 radical (unpaired) electrons. The first-order valence-corrected chi connectivity index (χ1v) is 9.89. The van der Waals surface area contributed by atoms with Crippen molar-refractivity contribution < 1.29 is 20.1 Å². The smallest absolute Gasteiger partial charge is 0.0650 e. The quantitative estimate of drug-likeness (QED) is 0.494. The molecule has 4 nitrogen and oxygen atoms in total. The van der Waals surface area contributed by atoms with Crippen molar-refractivity contribution >= 4 is 0 Å². The molecular formula is C21H38O4. The maximum atomic E-state index is 10.3. The molecule has 1 rings (SSSR count). The fourth-order valence-electron chi connectivity index (χ4n) is 3.37. The summed E-state index contributed by atoms with van der Waals surface area (Å²) in [4.78, 5) is 0. The normalized spacial score (nSPS) is 23.2. The van der Waals surface area contributed by atoms with Gasteiger partial charge < -0.3 is 20.1 Å². The zero-order valence-corrected chi connectivity index (χ0v) is 16.3. The maximum absolute atomic E-state index is 10.3. The molecule has 1 aliphatic rings. The molecule has 25 heavy (non-hydrogen) atoms. The third-order valence-corrected chi connectivity index (χ3v) is 5.28. The minimum Gasteiger partial charge on any atom is -0.393 e. The van der Waals surface area contributed by atoms with Gasteiger partial charge in [-0.25, -0.2) is 0 Å². The molecule has 0 spiro atoms. The molecule has 0 saturated heterocycles. The highest BCUT2D eigenvalue weighted by Gasteiger charge is 2.22. The number of rotatable bonds is 11. The van der Waals surface area contributed by atoms with E-state index in [9.17, 15) is 15.3 Å². The van der Waals surface area contributed by atoms with Crippen molar-refractivity contribution in [3.8, 4) is 0 Å². The van der Waals surface area contributed by atoms with Crippen LogP contribution in [0.1, 0.15) is 72.1 Å². The van der Waals surface area contributed by atoms with Crippen molar-refractivity contribution in [2.45, 2.75) is 89.9 Å². The average Bonchev–Trinajstić information content (AvgIpc) is 2.57. The molecule has 0 bridgehead atoms. The fourth-order valence-corrected chi connectivity index (χ4v) is 3.37. The molecule has 1 aliphatic carbocycles. The van der Waals surface area contributed by atoms with Crippen molar-refractivity contribution in [3.05, 3.63) is 23.8 Å². The van der Waals surface area contributed by atoms with E-state index in [2.05, 4.69) is 6.92 Å². The van der Waals surface area contributed by atoms with E-state index < -0.39 is 17.8 Å². The van der Waals surface area contributed by atoms with Crippen LogP contribution in [0.25, 0.3) is 0 Å². The van der Waals surface area contributed by atoms with E-state index in [4.69, 9.17) is 4.74 Å². The minimum atomic E-state index is -0.489. The minimum absolute atomic E-state index is 0.418. The number of hydrogen-bond donors (Lipinski definition) is 3. The summed E-state index contributed by atoms with van der Waals surface area (Å²) in [6.07, 6.45) is 11.5. The van der Waals surface area contributed by atoms with E-state index in [0.717, 1.165) is 44.3 Å². The molecule has 0 aromatic carbocycles. The molecule has 1 saturated carbocycles. The maximum Gasteiger partial charge on any atom is 0.0650 e. The van der Waals surface area contributed by atoms with Crippen LogP contribution in [-0.4, -0.2) is 46.3 Å². The Morgan fingerprint density at radius 3 is 2.44 bits per heavy atom. The summed E-state index contributed by atoms with van der Waals surface area (Å²) in [5.74, 6) is 0.494. The summed E-state index contributed by atoms with van der Waals surface area (Å²) in [5.41, 5.74) is 0.604. The van der Waals surface area contributed by atoms with Crippen LogP contribution >= 0.6 is 0 Å².